The molecule has 0 bridgehead atoms. The molecule has 26 heavy (non-hydrogen) atoms. The zero-order chi connectivity index (χ0) is 19.1. The summed E-state index contributed by atoms with van der Waals surface area (Å²) in [6.07, 6.45) is -1.58. The quantitative estimate of drug-likeness (QED) is 0.352. The van der Waals surface area contributed by atoms with Crippen molar-refractivity contribution in [1.82, 2.24) is 25.9 Å². The molecule has 3 amide bonds. The molecule has 0 saturated carbocycles. The van der Waals surface area contributed by atoms with Crippen LogP contribution in [0.5, 0.6) is 0 Å². The van der Waals surface area contributed by atoms with E-state index in [0.29, 0.717) is 23.9 Å². The molecule has 0 aliphatic carbocycles. The van der Waals surface area contributed by atoms with Gasteiger partial charge in [-0.25, -0.2) is 14.6 Å². The number of rotatable bonds is 8. The van der Waals surface area contributed by atoms with Crippen LogP contribution in [0, 0.1) is 0 Å². The Morgan fingerprint density at radius 3 is 2.65 bits per heavy atom. The Kier molecular flexibility index (Phi) is 6.78. The number of aromatic amines is 1. The molecule has 1 aromatic heterocycles. The average Bonchev–Trinajstić information content (AvgIpc) is 2.98. The fraction of sp³-hybridized carbons (Fsp3) is 0.333. The molecule has 0 saturated heterocycles. The van der Waals surface area contributed by atoms with Crippen molar-refractivity contribution in [3.63, 3.8) is 0 Å². The summed E-state index contributed by atoms with van der Waals surface area (Å²) in [5, 5.41) is 24.5. The molecule has 1 heterocycles. The summed E-state index contributed by atoms with van der Waals surface area (Å²) >= 11 is 3.33. The highest BCUT2D eigenvalue weighted by molar-refractivity contribution is 9.10. The van der Waals surface area contributed by atoms with Crippen molar-refractivity contribution in [1.29, 1.82) is 0 Å². The number of fused-ring (bicyclic) bond motifs is 1. The maximum absolute atomic E-state index is 12.2. The third kappa shape index (κ3) is 5.92. The Bertz CT molecular complexity index is 809. The number of imidazole rings is 1. The SMILES string of the molecule is O=C(O)NCCC[C@@H](CNC(=O)c1nc2cc(Br)ccc2[nH]1)NC(=O)O. The fourth-order valence-corrected chi connectivity index (χ4v) is 2.68. The van der Waals surface area contributed by atoms with E-state index >= 15 is 0 Å². The molecule has 6 N–H and O–H groups in total. The molecular formula is C15H18BrN5O5. The van der Waals surface area contributed by atoms with E-state index in [1.807, 2.05) is 6.07 Å². The Morgan fingerprint density at radius 2 is 1.96 bits per heavy atom. The first kappa shape index (κ1) is 19.5. The monoisotopic (exact) mass is 427 g/mol. The van der Waals surface area contributed by atoms with Crippen LogP contribution in [0.2, 0.25) is 0 Å². The zero-order valence-corrected chi connectivity index (χ0v) is 15.2. The third-order valence-corrected chi connectivity index (χ3v) is 4.00. The van der Waals surface area contributed by atoms with Crippen molar-refractivity contribution in [3.8, 4) is 0 Å². The molecule has 11 heteroatoms. The van der Waals surface area contributed by atoms with E-state index in [2.05, 4.69) is 41.8 Å². The lowest BCUT2D eigenvalue weighted by Crippen LogP contribution is -2.43. The third-order valence-electron chi connectivity index (χ3n) is 3.50. The van der Waals surface area contributed by atoms with Gasteiger partial charge in [0.1, 0.15) is 0 Å². The number of amides is 3. The highest BCUT2D eigenvalue weighted by atomic mass is 79.9. The standard InChI is InChI=1S/C15H18BrN5O5/c16-8-3-4-10-11(6-8)21-12(20-10)13(22)18-7-9(19-15(25)26)2-1-5-17-14(23)24/h3-4,6,9,17,19H,1-2,5,7H2,(H,18,22)(H,20,21)(H,23,24)(H,25,26)/t9-/m0/s1. The van der Waals surface area contributed by atoms with Gasteiger partial charge in [-0.2, -0.15) is 0 Å². The predicted molar refractivity (Wildman–Crippen MR) is 96.3 cm³/mol. The second-order valence-electron chi connectivity index (χ2n) is 5.48. The molecular weight excluding hydrogens is 410 g/mol. The zero-order valence-electron chi connectivity index (χ0n) is 13.6. The highest BCUT2D eigenvalue weighted by Crippen LogP contribution is 2.17. The van der Waals surface area contributed by atoms with Gasteiger partial charge < -0.3 is 31.1 Å². The van der Waals surface area contributed by atoms with Crippen molar-refractivity contribution < 1.29 is 24.6 Å². The van der Waals surface area contributed by atoms with Gasteiger partial charge in [0.2, 0.25) is 0 Å². The van der Waals surface area contributed by atoms with Crippen LogP contribution in [-0.2, 0) is 0 Å². The first-order chi connectivity index (χ1) is 12.3. The van der Waals surface area contributed by atoms with Gasteiger partial charge in [-0.15, -0.1) is 0 Å². The van der Waals surface area contributed by atoms with Crippen LogP contribution in [-0.4, -0.2) is 57.4 Å². The Labute approximate surface area is 156 Å². The summed E-state index contributed by atoms with van der Waals surface area (Å²) in [4.78, 5) is 40.6. The van der Waals surface area contributed by atoms with E-state index in [-0.39, 0.29) is 18.9 Å². The molecule has 140 valence electrons. The van der Waals surface area contributed by atoms with E-state index < -0.39 is 24.1 Å². The van der Waals surface area contributed by atoms with Crippen LogP contribution >= 0.6 is 15.9 Å². The first-order valence-electron chi connectivity index (χ1n) is 7.75. The molecule has 0 aliphatic heterocycles. The van der Waals surface area contributed by atoms with E-state index in [1.54, 1.807) is 12.1 Å². The minimum atomic E-state index is -1.22. The number of carbonyl (C=O) groups is 3. The average molecular weight is 428 g/mol. The summed E-state index contributed by atoms with van der Waals surface area (Å²) in [6, 6.07) is 4.83. The molecule has 0 aliphatic rings. The maximum atomic E-state index is 12.2. The van der Waals surface area contributed by atoms with Crippen LogP contribution in [0.3, 0.4) is 0 Å². The molecule has 1 atom stereocenters. The molecule has 10 nitrogen and oxygen atoms in total. The van der Waals surface area contributed by atoms with E-state index in [9.17, 15) is 14.4 Å². The topological polar surface area (TPSA) is 156 Å². The van der Waals surface area contributed by atoms with Gasteiger partial charge in [-0.1, -0.05) is 15.9 Å². The van der Waals surface area contributed by atoms with Crippen molar-refractivity contribution in [2.45, 2.75) is 18.9 Å². The number of hydrogen-bond donors (Lipinski definition) is 6. The number of benzene rings is 1. The lowest BCUT2D eigenvalue weighted by Gasteiger charge is -2.17. The van der Waals surface area contributed by atoms with Crippen LogP contribution in [0.4, 0.5) is 9.59 Å². The van der Waals surface area contributed by atoms with Crippen molar-refractivity contribution in [3.05, 3.63) is 28.5 Å². The molecule has 0 spiro atoms. The largest absolute Gasteiger partial charge is 0.465 e. The minimum absolute atomic E-state index is 0.0545. The van der Waals surface area contributed by atoms with Crippen molar-refractivity contribution >= 4 is 45.1 Å². The Morgan fingerprint density at radius 1 is 1.19 bits per heavy atom. The lowest BCUT2D eigenvalue weighted by molar-refractivity contribution is 0.0938. The number of aromatic nitrogens is 2. The van der Waals surface area contributed by atoms with Gasteiger partial charge in [-0.3, -0.25) is 4.79 Å². The molecule has 2 aromatic rings. The van der Waals surface area contributed by atoms with Crippen LogP contribution < -0.4 is 16.0 Å². The first-order valence-corrected chi connectivity index (χ1v) is 8.54. The fourth-order valence-electron chi connectivity index (χ4n) is 2.33. The molecule has 1 aromatic carbocycles. The summed E-state index contributed by atoms with van der Waals surface area (Å²) in [5.41, 5.74) is 1.34. The van der Waals surface area contributed by atoms with Gasteiger partial charge >= 0.3 is 12.2 Å². The summed E-state index contributed by atoms with van der Waals surface area (Å²) in [5.74, 6) is -0.335. The van der Waals surface area contributed by atoms with E-state index in [1.165, 1.54) is 0 Å². The Hall–Kier alpha value is -2.82. The maximum Gasteiger partial charge on any atom is 0.404 e. The number of nitrogens with one attached hydrogen (secondary N) is 4. The normalized spacial score (nSPS) is 11.7. The molecule has 2 rings (SSSR count). The van der Waals surface area contributed by atoms with E-state index in [0.717, 1.165) is 4.47 Å². The smallest absolute Gasteiger partial charge is 0.404 e. The minimum Gasteiger partial charge on any atom is -0.465 e. The molecule has 0 unspecified atom stereocenters. The summed E-state index contributed by atoms with van der Waals surface area (Å²) in [7, 11) is 0. The van der Waals surface area contributed by atoms with Gasteiger partial charge in [0, 0.05) is 23.6 Å². The van der Waals surface area contributed by atoms with E-state index in [4.69, 9.17) is 10.2 Å². The van der Waals surface area contributed by atoms with Crippen molar-refractivity contribution in [2.75, 3.05) is 13.1 Å². The Balaban J connectivity index is 1.91. The predicted octanol–water partition coefficient (Wildman–Crippen LogP) is 1.74. The highest BCUT2D eigenvalue weighted by Gasteiger charge is 2.16. The van der Waals surface area contributed by atoms with Crippen LogP contribution in [0.1, 0.15) is 23.5 Å². The van der Waals surface area contributed by atoms with Crippen LogP contribution in [0.15, 0.2) is 22.7 Å². The number of halogens is 1. The number of carbonyl (C=O) groups excluding carboxylic acids is 1. The lowest BCUT2D eigenvalue weighted by atomic mass is 10.1. The number of carboxylic acid groups (broad SMARTS) is 2. The van der Waals surface area contributed by atoms with Gasteiger partial charge in [0.05, 0.1) is 11.0 Å². The second-order valence-corrected chi connectivity index (χ2v) is 6.39. The number of hydrogen-bond acceptors (Lipinski definition) is 4. The molecule has 0 radical (unpaired) electrons. The van der Waals surface area contributed by atoms with Gasteiger partial charge in [0.25, 0.3) is 5.91 Å². The van der Waals surface area contributed by atoms with Gasteiger partial charge in [-0.05, 0) is 31.0 Å². The molecule has 0 fully saturated rings. The number of H-pyrrole nitrogens is 1. The second kappa shape index (κ2) is 9.04. The summed E-state index contributed by atoms with van der Waals surface area (Å²) < 4.78 is 0.837. The van der Waals surface area contributed by atoms with Gasteiger partial charge in [0.15, 0.2) is 5.82 Å². The summed E-state index contributed by atoms with van der Waals surface area (Å²) in [6.45, 7) is 0.248. The van der Waals surface area contributed by atoms with Crippen molar-refractivity contribution in [2.24, 2.45) is 0 Å². The number of nitrogens with zero attached hydrogens (tertiary/aromatic N) is 1. The van der Waals surface area contributed by atoms with Crippen LogP contribution in [0.25, 0.3) is 11.0 Å².